The Labute approximate surface area is 189 Å². The van der Waals surface area contributed by atoms with Gasteiger partial charge in [-0.15, -0.1) is 0 Å². The molecular weight excluding hydrogens is 402 g/mol. The van der Waals surface area contributed by atoms with E-state index in [-0.39, 0.29) is 18.0 Å². The second-order valence-corrected chi connectivity index (χ2v) is 8.99. The van der Waals surface area contributed by atoms with Gasteiger partial charge in [0.05, 0.1) is 5.56 Å². The van der Waals surface area contributed by atoms with Gasteiger partial charge in [0.15, 0.2) is 0 Å². The van der Waals surface area contributed by atoms with Crippen LogP contribution < -0.4 is 16.2 Å². The lowest BCUT2D eigenvalue weighted by atomic mass is 10.0. The molecule has 2 aromatic rings. The van der Waals surface area contributed by atoms with Crippen LogP contribution in [0.4, 0.5) is 5.69 Å². The second-order valence-electron chi connectivity index (χ2n) is 8.99. The molecule has 0 unspecified atom stereocenters. The van der Waals surface area contributed by atoms with Crippen LogP contribution in [0.25, 0.3) is 0 Å². The van der Waals surface area contributed by atoms with Crippen molar-refractivity contribution >= 4 is 17.8 Å². The smallest absolute Gasteiger partial charge is 0.253 e. The van der Waals surface area contributed by atoms with Crippen LogP contribution in [0.1, 0.15) is 71.3 Å². The number of benzene rings is 1. The fourth-order valence-electron chi connectivity index (χ4n) is 4.90. The molecule has 4 rings (SSSR count). The number of pyridine rings is 1. The molecule has 1 saturated heterocycles. The quantitative estimate of drug-likeness (QED) is 0.476. The van der Waals surface area contributed by atoms with Gasteiger partial charge < -0.3 is 21.0 Å². The summed E-state index contributed by atoms with van der Waals surface area (Å²) < 4.78 is 0. The fourth-order valence-corrected chi connectivity index (χ4v) is 4.90. The topological polar surface area (TPSA) is 101 Å². The summed E-state index contributed by atoms with van der Waals surface area (Å²) in [7, 11) is 0. The minimum Gasteiger partial charge on any atom is -0.382 e. The molecule has 1 aromatic heterocycles. The van der Waals surface area contributed by atoms with Gasteiger partial charge in [0, 0.05) is 47.9 Å². The molecule has 1 aliphatic carbocycles. The number of rotatable bonds is 8. The minimum atomic E-state index is -0.273. The highest BCUT2D eigenvalue weighted by molar-refractivity contribution is 6.04. The number of hydrogen-bond donors (Lipinski definition) is 4. The molecule has 2 heterocycles. The van der Waals surface area contributed by atoms with Crippen molar-refractivity contribution in [2.24, 2.45) is 0 Å². The highest BCUT2D eigenvalue weighted by atomic mass is 16.1. The third-order valence-electron chi connectivity index (χ3n) is 6.59. The first kappa shape index (κ1) is 22.3. The van der Waals surface area contributed by atoms with Gasteiger partial charge >= 0.3 is 0 Å². The van der Waals surface area contributed by atoms with Crippen molar-refractivity contribution < 1.29 is 4.79 Å². The Bertz CT molecular complexity index is 1030. The van der Waals surface area contributed by atoms with Gasteiger partial charge in [0.2, 0.25) is 0 Å². The monoisotopic (exact) mass is 435 g/mol. The van der Waals surface area contributed by atoms with Crippen molar-refractivity contribution in [2.75, 3.05) is 18.4 Å². The maximum absolute atomic E-state index is 13.1. The molecule has 7 heteroatoms. The minimum absolute atomic E-state index is 0.150. The maximum atomic E-state index is 13.1. The Morgan fingerprint density at radius 3 is 2.69 bits per heavy atom. The van der Waals surface area contributed by atoms with Crippen LogP contribution >= 0.6 is 0 Å². The summed E-state index contributed by atoms with van der Waals surface area (Å²) in [5.41, 5.74) is 4.12. The molecule has 4 N–H and O–H groups in total. The first-order chi connectivity index (χ1) is 15.5. The molecule has 1 amide bonds. The molecular formula is C25H33N5O2. The number of nitrogens with one attached hydrogen (secondary N) is 4. The van der Waals surface area contributed by atoms with Crippen LogP contribution in [0.5, 0.6) is 0 Å². The predicted octanol–water partition coefficient (Wildman–Crippen LogP) is 3.56. The van der Waals surface area contributed by atoms with Crippen molar-refractivity contribution in [1.29, 1.82) is 5.41 Å². The number of aromatic nitrogens is 1. The average molecular weight is 436 g/mol. The van der Waals surface area contributed by atoms with E-state index < -0.39 is 0 Å². The zero-order valence-electron chi connectivity index (χ0n) is 18.8. The van der Waals surface area contributed by atoms with E-state index >= 15 is 0 Å². The molecule has 0 spiro atoms. The average Bonchev–Trinajstić information content (AvgIpc) is 3.47. The number of anilines is 1. The van der Waals surface area contributed by atoms with E-state index in [0.29, 0.717) is 22.7 Å². The lowest BCUT2D eigenvalue weighted by molar-refractivity contribution is 0.0950. The zero-order chi connectivity index (χ0) is 22.5. The van der Waals surface area contributed by atoms with Gasteiger partial charge in [-0.1, -0.05) is 18.9 Å². The van der Waals surface area contributed by atoms with Gasteiger partial charge in [-0.2, -0.15) is 0 Å². The molecule has 1 aliphatic heterocycles. The molecule has 2 aliphatic rings. The van der Waals surface area contributed by atoms with Gasteiger partial charge in [0.1, 0.15) is 0 Å². The summed E-state index contributed by atoms with van der Waals surface area (Å²) in [6.45, 7) is 4.86. The molecule has 32 heavy (non-hydrogen) atoms. The van der Waals surface area contributed by atoms with Crippen molar-refractivity contribution in [2.45, 2.75) is 64.6 Å². The Hall–Kier alpha value is -2.93. The predicted molar refractivity (Wildman–Crippen MR) is 128 cm³/mol. The number of aryl methyl sites for hydroxylation is 1. The summed E-state index contributed by atoms with van der Waals surface area (Å²) in [4.78, 5) is 31.0. The van der Waals surface area contributed by atoms with Crippen molar-refractivity contribution in [1.82, 2.24) is 15.2 Å². The molecule has 2 fully saturated rings. The van der Waals surface area contributed by atoms with Gasteiger partial charge in [-0.3, -0.25) is 14.5 Å². The van der Waals surface area contributed by atoms with Gasteiger partial charge in [0.25, 0.3) is 11.5 Å². The van der Waals surface area contributed by atoms with E-state index in [9.17, 15) is 9.59 Å². The Morgan fingerprint density at radius 1 is 1.22 bits per heavy atom. The Kier molecular flexibility index (Phi) is 7.05. The van der Waals surface area contributed by atoms with Crippen molar-refractivity contribution in [3.8, 4) is 0 Å². The summed E-state index contributed by atoms with van der Waals surface area (Å²) in [6, 6.07) is 7.91. The Balaban J connectivity index is 1.51. The van der Waals surface area contributed by atoms with E-state index in [4.69, 9.17) is 5.41 Å². The van der Waals surface area contributed by atoms with Crippen molar-refractivity contribution in [3.05, 3.63) is 62.6 Å². The number of aromatic amines is 1. The van der Waals surface area contributed by atoms with E-state index in [1.165, 1.54) is 31.9 Å². The Morgan fingerprint density at radius 2 is 1.97 bits per heavy atom. The number of carbonyl (C=O) groups excluding carboxylic acids is 1. The second kappa shape index (κ2) is 10.1. The first-order valence-electron chi connectivity index (χ1n) is 11.7. The van der Waals surface area contributed by atoms with E-state index in [1.807, 2.05) is 25.1 Å². The van der Waals surface area contributed by atoms with E-state index in [1.54, 1.807) is 6.07 Å². The van der Waals surface area contributed by atoms with Gasteiger partial charge in [-0.05, 0) is 69.5 Å². The highest BCUT2D eigenvalue weighted by Gasteiger charge is 2.20. The van der Waals surface area contributed by atoms with Crippen LogP contribution in [0.2, 0.25) is 0 Å². The van der Waals surface area contributed by atoms with E-state index in [2.05, 4.69) is 20.5 Å². The van der Waals surface area contributed by atoms with Crippen LogP contribution in [0.3, 0.4) is 0 Å². The first-order valence-corrected chi connectivity index (χ1v) is 11.7. The number of likely N-dealkylation sites (tertiary alicyclic amines) is 1. The molecule has 1 saturated carbocycles. The molecule has 7 nitrogen and oxygen atoms in total. The zero-order valence-corrected chi connectivity index (χ0v) is 18.8. The lowest BCUT2D eigenvalue weighted by Crippen LogP contribution is -2.30. The summed E-state index contributed by atoms with van der Waals surface area (Å²) >= 11 is 0. The standard InChI is InChI=1S/C25H33N5O2/c1-17-13-18(16-30-11-4-5-12-30)22(25(32)28-17)15-27-24(31)20-9-6-10-23(21(20)14-26)29-19-7-2-3-8-19/h6,9-10,13-14,19,26,29H,2-5,7-8,11-12,15-16H2,1H3,(H,27,31)(H,28,32). The molecule has 1 aromatic carbocycles. The van der Waals surface area contributed by atoms with E-state index in [0.717, 1.165) is 49.4 Å². The molecule has 0 bridgehead atoms. The number of carbonyl (C=O) groups is 1. The van der Waals surface area contributed by atoms with Crippen LogP contribution in [-0.4, -0.2) is 41.1 Å². The molecule has 0 radical (unpaired) electrons. The van der Waals surface area contributed by atoms with Crippen LogP contribution in [0.15, 0.2) is 29.1 Å². The van der Waals surface area contributed by atoms with Crippen LogP contribution in [-0.2, 0) is 13.1 Å². The largest absolute Gasteiger partial charge is 0.382 e. The third-order valence-corrected chi connectivity index (χ3v) is 6.59. The molecule has 170 valence electrons. The number of H-pyrrole nitrogens is 1. The highest BCUT2D eigenvalue weighted by Crippen LogP contribution is 2.25. The number of nitrogens with zero attached hydrogens (tertiary/aromatic N) is 1. The summed E-state index contributed by atoms with van der Waals surface area (Å²) in [5.74, 6) is -0.273. The summed E-state index contributed by atoms with van der Waals surface area (Å²) in [5, 5.41) is 14.3. The normalized spacial score (nSPS) is 16.9. The van der Waals surface area contributed by atoms with Crippen LogP contribution in [0, 0.1) is 12.3 Å². The molecule has 0 atom stereocenters. The fraction of sp³-hybridized carbons (Fsp3) is 0.480. The lowest BCUT2D eigenvalue weighted by Gasteiger charge is -2.19. The number of hydrogen-bond acceptors (Lipinski definition) is 5. The van der Waals surface area contributed by atoms with Crippen molar-refractivity contribution in [3.63, 3.8) is 0 Å². The third kappa shape index (κ3) is 5.10. The van der Waals surface area contributed by atoms with Gasteiger partial charge in [-0.25, -0.2) is 0 Å². The maximum Gasteiger partial charge on any atom is 0.253 e. The number of amides is 1. The summed E-state index contributed by atoms with van der Waals surface area (Å²) in [6.07, 6.45) is 8.26. The SMILES string of the molecule is Cc1cc(CN2CCCC2)c(CNC(=O)c2cccc(NC3CCCC3)c2C=N)c(=O)[nH]1.